The lowest BCUT2D eigenvalue weighted by atomic mass is 9.89. The van der Waals surface area contributed by atoms with Gasteiger partial charge in [0.15, 0.2) is 6.29 Å². The van der Waals surface area contributed by atoms with Gasteiger partial charge in [0.2, 0.25) is 0 Å². The van der Waals surface area contributed by atoms with Crippen molar-refractivity contribution in [1.82, 2.24) is 5.32 Å². The molecule has 0 amide bonds. The summed E-state index contributed by atoms with van der Waals surface area (Å²) < 4.78 is 42.5. The summed E-state index contributed by atoms with van der Waals surface area (Å²) in [5.74, 6) is 0. The quantitative estimate of drug-likeness (QED) is 0.716. The minimum Gasteiger partial charge on any atom is -0.372 e. The molecule has 2 N–H and O–H groups in total. The largest absolute Gasteiger partial charge is 0.392 e. The summed E-state index contributed by atoms with van der Waals surface area (Å²) >= 11 is 5.73. The second-order valence-electron chi connectivity index (χ2n) is 4.28. The van der Waals surface area contributed by atoms with E-state index in [2.05, 4.69) is 5.32 Å². The summed E-state index contributed by atoms with van der Waals surface area (Å²) in [6.07, 6.45) is -5.47. The van der Waals surface area contributed by atoms with E-state index < -0.39 is 24.5 Å². The smallest absolute Gasteiger partial charge is 0.372 e. The molecule has 2 rings (SSSR count). The summed E-state index contributed by atoms with van der Waals surface area (Å²) in [6, 6.07) is 0. The van der Waals surface area contributed by atoms with Crippen LogP contribution in [0, 0.1) is 0 Å². The highest BCUT2D eigenvalue weighted by Gasteiger charge is 2.49. The van der Waals surface area contributed by atoms with E-state index in [1.165, 1.54) is 13.0 Å². The summed E-state index contributed by atoms with van der Waals surface area (Å²) in [4.78, 5) is 0. The third kappa shape index (κ3) is 2.43. The Labute approximate surface area is 101 Å². The molecule has 0 spiro atoms. The molecular weight excluding hydrogens is 259 g/mol. The first-order chi connectivity index (χ1) is 7.71. The molecule has 0 aromatic heterocycles. The number of alkyl halides is 3. The van der Waals surface area contributed by atoms with Gasteiger partial charge in [-0.25, -0.2) is 0 Å². The zero-order chi connectivity index (χ0) is 12.8. The Bertz CT molecular complexity index is 405. The molecule has 3 nitrogen and oxygen atoms in total. The highest BCUT2D eigenvalue weighted by molar-refractivity contribution is 6.29. The Hall–Kier alpha value is -0.720. The van der Waals surface area contributed by atoms with Crippen LogP contribution in [0.5, 0.6) is 0 Å². The molecular formula is C10H11ClF3NO2. The minimum absolute atomic E-state index is 0.194. The molecule has 17 heavy (non-hydrogen) atoms. The van der Waals surface area contributed by atoms with E-state index in [9.17, 15) is 18.3 Å². The van der Waals surface area contributed by atoms with Crippen LogP contribution in [0.25, 0.3) is 0 Å². The molecule has 0 radical (unpaired) electrons. The number of aliphatic hydroxyl groups is 1. The standard InChI is InChI=1S/C10H11ClF3NO2/c1-9(4-10(12,13)14)6-2-7(11)15-3-5(6)8(16)17-9/h2,8,15-16H,3-4H2,1H3. The maximum absolute atomic E-state index is 12.5. The molecule has 0 saturated carbocycles. The number of ether oxygens (including phenoxy) is 1. The molecule has 2 atom stereocenters. The van der Waals surface area contributed by atoms with Gasteiger partial charge in [-0.2, -0.15) is 13.2 Å². The lowest BCUT2D eigenvalue weighted by Gasteiger charge is -2.28. The number of nitrogens with one attached hydrogen (secondary N) is 1. The Morgan fingerprint density at radius 1 is 1.65 bits per heavy atom. The van der Waals surface area contributed by atoms with E-state index in [1.807, 2.05) is 0 Å². The van der Waals surface area contributed by atoms with Crippen molar-refractivity contribution in [3.8, 4) is 0 Å². The molecule has 2 aliphatic heterocycles. The highest BCUT2D eigenvalue weighted by atomic mass is 35.5. The third-order valence-electron chi connectivity index (χ3n) is 2.84. The van der Waals surface area contributed by atoms with Gasteiger partial charge in [0, 0.05) is 12.1 Å². The van der Waals surface area contributed by atoms with E-state index in [-0.39, 0.29) is 11.7 Å². The van der Waals surface area contributed by atoms with Crippen LogP contribution in [0.3, 0.4) is 0 Å². The van der Waals surface area contributed by atoms with Gasteiger partial charge < -0.3 is 15.2 Å². The third-order valence-corrected chi connectivity index (χ3v) is 3.08. The Kier molecular flexibility index (Phi) is 2.92. The number of halogens is 4. The molecule has 0 aromatic carbocycles. The van der Waals surface area contributed by atoms with Crippen LogP contribution < -0.4 is 5.32 Å². The molecule has 0 fully saturated rings. The summed E-state index contributed by atoms with van der Waals surface area (Å²) in [5.41, 5.74) is -0.859. The topological polar surface area (TPSA) is 41.5 Å². The first kappa shape index (κ1) is 12.7. The van der Waals surface area contributed by atoms with E-state index in [0.29, 0.717) is 11.1 Å². The molecule has 7 heteroatoms. The van der Waals surface area contributed by atoms with Crippen molar-refractivity contribution in [2.45, 2.75) is 31.4 Å². The predicted octanol–water partition coefficient (Wildman–Crippen LogP) is 2.03. The van der Waals surface area contributed by atoms with Gasteiger partial charge in [0.05, 0.1) is 6.42 Å². The Morgan fingerprint density at radius 2 is 2.29 bits per heavy atom. The second kappa shape index (κ2) is 3.90. The van der Waals surface area contributed by atoms with E-state index in [4.69, 9.17) is 16.3 Å². The van der Waals surface area contributed by atoms with Gasteiger partial charge >= 0.3 is 6.18 Å². The molecule has 0 bridgehead atoms. The van der Waals surface area contributed by atoms with Gasteiger partial charge in [-0.3, -0.25) is 0 Å². The monoisotopic (exact) mass is 269 g/mol. The van der Waals surface area contributed by atoms with Crippen LogP contribution in [0.2, 0.25) is 0 Å². The maximum Gasteiger partial charge on any atom is 0.392 e. The van der Waals surface area contributed by atoms with Crippen molar-refractivity contribution in [1.29, 1.82) is 0 Å². The van der Waals surface area contributed by atoms with Crippen LogP contribution in [0.1, 0.15) is 13.3 Å². The van der Waals surface area contributed by atoms with Crippen molar-refractivity contribution >= 4 is 11.6 Å². The average molecular weight is 270 g/mol. The Balaban J connectivity index is 2.35. The first-order valence-corrected chi connectivity index (χ1v) is 5.36. The normalized spacial score (nSPS) is 33.3. The molecule has 2 unspecified atom stereocenters. The lowest BCUT2D eigenvalue weighted by molar-refractivity contribution is -0.197. The number of aliphatic hydroxyl groups excluding tert-OH is 1. The van der Waals surface area contributed by atoms with Crippen LogP contribution in [-0.2, 0) is 4.74 Å². The number of hydrogen-bond donors (Lipinski definition) is 2. The number of dihydropyridines is 1. The van der Waals surface area contributed by atoms with Crippen LogP contribution in [-0.4, -0.2) is 29.7 Å². The van der Waals surface area contributed by atoms with E-state index in [0.717, 1.165) is 0 Å². The molecule has 2 heterocycles. The van der Waals surface area contributed by atoms with Gasteiger partial charge in [0.1, 0.15) is 10.8 Å². The fourth-order valence-corrected chi connectivity index (χ4v) is 2.33. The molecule has 0 aliphatic carbocycles. The molecule has 0 saturated heterocycles. The summed E-state index contributed by atoms with van der Waals surface area (Å²) in [5, 5.41) is 12.6. The SMILES string of the molecule is CC1(CC(F)(F)F)OC(O)C2=C1C=C(Cl)NC2. The summed E-state index contributed by atoms with van der Waals surface area (Å²) in [6.45, 7) is 1.50. The first-order valence-electron chi connectivity index (χ1n) is 4.98. The van der Waals surface area contributed by atoms with Crippen molar-refractivity contribution < 1.29 is 23.0 Å². The Morgan fingerprint density at radius 3 is 2.88 bits per heavy atom. The fraction of sp³-hybridized carbons (Fsp3) is 0.600. The van der Waals surface area contributed by atoms with Crippen LogP contribution in [0.15, 0.2) is 22.4 Å². The van der Waals surface area contributed by atoms with Gasteiger partial charge in [-0.15, -0.1) is 0 Å². The van der Waals surface area contributed by atoms with Gasteiger partial charge in [-0.1, -0.05) is 11.6 Å². The van der Waals surface area contributed by atoms with Gasteiger partial charge in [-0.05, 0) is 18.6 Å². The van der Waals surface area contributed by atoms with Crippen LogP contribution in [0.4, 0.5) is 13.2 Å². The average Bonchev–Trinajstić information content (AvgIpc) is 2.35. The van der Waals surface area contributed by atoms with Gasteiger partial charge in [0.25, 0.3) is 0 Å². The van der Waals surface area contributed by atoms with Crippen molar-refractivity contribution in [3.63, 3.8) is 0 Å². The zero-order valence-corrected chi connectivity index (χ0v) is 9.69. The zero-order valence-electron chi connectivity index (χ0n) is 8.94. The molecule has 0 aromatic rings. The predicted molar refractivity (Wildman–Crippen MR) is 55.1 cm³/mol. The highest BCUT2D eigenvalue weighted by Crippen LogP contribution is 2.44. The second-order valence-corrected chi connectivity index (χ2v) is 4.68. The number of hydrogen-bond acceptors (Lipinski definition) is 3. The maximum atomic E-state index is 12.5. The lowest BCUT2D eigenvalue weighted by Crippen LogP contribution is -2.34. The number of rotatable bonds is 1. The van der Waals surface area contributed by atoms with E-state index in [1.54, 1.807) is 0 Å². The van der Waals surface area contributed by atoms with E-state index >= 15 is 0 Å². The van der Waals surface area contributed by atoms with Crippen molar-refractivity contribution in [2.24, 2.45) is 0 Å². The fourth-order valence-electron chi connectivity index (χ4n) is 2.16. The summed E-state index contributed by atoms with van der Waals surface area (Å²) in [7, 11) is 0. The van der Waals surface area contributed by atoms with Crippen molar-refractivity contribution in [2.75, 3.05) is 6.54 Å². The van der Waals surface area contributed by atoms with Crippen molar-refractivity contribution in [3.05, 3.63) is 22.4 Å². The van der Waals surface area contributed by atoms with Crippen LogP contribution >= 0.6 is 11.6 Å². The minimum atomic E-state index is -4.37. The molecule has 2 aliphatic rings. The molecule has 96 valence electrons.